The lowest BCUT2D eigenvalue weighted by Crippen LogP contribution is -2.38. The Bertz CT molecular complexity index is 1030. The maximum Gasteiger partial charge on any atom is 0.315 e. The molecule has 1 aromatic heterocycles. The maximum atomic E-state index is 13.2. The highest BCUT2D eigenvalue weighted by Gasteiger charge is 2.16. The van der Waals surface area contributed by atoms with Crippen molar-refractivity contribution in [3.8, 4) is 17.2 Å². The molecule has 1 heterocycles. The topological polar surface area (TPSA) is 77.4 Å². The third-order valence-electron chi connectivity index (χ3n) is 5.08. The van der Waals surface area contributed by atoms with Gasteiger partial charge in [0.15, 0.2) is 11.5 Å². The Morgan fingerprint density at radius 1 is 1.13 bits per heavy atom. The molecule has 0 spiro atoms. The fourth-order valence-electron chi connectivity index (χ4n) is 3.37. The smallest absolute Gasteiger partial charge is 0.315 e. The molecule has 0 unspecified atom stereocenters. The summed E-state index contributed by atoms with van der Waals surface area (Å²) in [6.45, 7) is 4.29. The van der Waals surface area contributed by atoms with Crippen LogP contribution in [-0.4, -0.2) is 36.6 Å². The molecule has 2 aromatic carbocycles. The van der Waals surface area contributed by atoms with E-state index in [0.29, 0.717) is 24.5 Å². The van der Waals surface area contributed by atoms with Crippen molar-refractivity contribution in [3.05, 3.63) is 71.3 Å². The molecule has 0 aliphatic carbocycles. The predicted octanol–water partition coefficient (Wildman–Crippen LogP) is 3.94. The van der Waals surface area contributed by atoms with Crippen molar-refractivity contribution in [2.45, 2.75) is 26.3 Å². The van der Waals surface area contributed by atoms with E-state index in [0.717, 1.165) is 22.5 Å². The Morgan fingerprint density at radius 3 is 2.52 bits per heavy atom. The standard InChI is InChI=1S/C23H27FN4O3/c1-15(20-14-26-28(16(20)2)19-8-6-18(24)7-9-19)27-23(29)25-12-11-17-5-10-21(30-3)22(13-17)31-4/h5-10,13-15H,11-12H2,1-4H3,(H2,25,27,29)/t15-/m0/s1. The number of hydrogen-bond donors (Lipinski definition) is 2. The van der Waals surface area contributed by atoms with E-state index in [9.17, 15) is 9.18 Å². The van der Waals surface area contributed by atoms with Crippen LogP contribution in [0, 0.1) is 12.7 Å². The number of hydrogen-bond acceptors (Lipinski definition) is 4. The van der Waals surface area contributed by atoms with Gasteiger partial charge in [-0.3, -0.25) is 0 Å². The number of methoxy groups -OCH3 is 2. The molecule has 31 heavy (non-hydrogen) atoms. The molecule has 0 saturated carbocycles. The molecule has 2 N–H and O–H groups in total. The summed E-state index contributed by atoms with van der Waals surface area (Å²) in [6, 6.07) is 11.3. The lowest BCUT2D eigenvalue weighted by atomic mass is 10.1. The van der Waals surface area contributed by atoms with E-state index >= 15 is 0 Å². The van der Waals surface area contributed by atoms with E-state index < -0.39 is 0 Å². The number of amides is 2. The third-order valence-corrected chi connectivity index (χ3v) is 5.08. The fraction of sp³-hybridized carbons (Fsp3) is 0.304. The van der Waals surface area contributed by atoms with E-state index in [-0.39, 0.29) is 17.9 Å². The second-order valence-electron chi connectivity index (χ2n) is 7.13. The van der Waals surface area contributed by atoms with Gasteiger partial charge in [0.05, 0.1) is 32.1 Å². The van der Waals surface area contributed by atoms with Gasteiger partial charge < -0.3 is 20.1 Å². The third kappa shape index (κ3) is 5.33. The van der Waals surface area contributed by atoms with Gasteiger partial charge in [-0.1, -0.05) is 6.07 Å². The normalized spacial score (nSPS) is 11.6. The van der Waals surface area contributed by atoms with Crippen molar-refractivity contribution < 1.29 is 18.7 Å². The zero-order valence-electron chi connectivity index (χ0n) is 18.1. The molecule has 3 aromatic rings. The van der Waals surface area contributed by atoms with Crippen LogP contribution in [0.1, 0.15) is 29.8 Å². The second-order valence-corrected chi connectivity index (χ2v) is 7.13. The van der Waals surface area contributed by atoms with E-state index in [1.165, 1.54) is 12.1 Å². The molecule has 0 saturated heterocycles. The first-order valence-corrected chi connectivity index (χ1v) is 9.98. The van der Waals surface area contributed by atoms with Gasteiger partial charge in [-0.05, 0) is 62.2 Å². The van der Waals surface area contributed by atoms with Crippen LogP contribution in [0.2, 0.25) is 0 Å². The summed E-state index contributed by atoms with van der Waals surface area (Å²) >= 11 is 0. The van der Waals surface area contributed by atoms with Crippen LogP contribution >= 0.6 is 0 Å². The lowest BCUT2D eigenvalue weighted by molar-refractivity contribution is 0.238. The van der Waals surface area contributed by atoms with Gasteiger partial charge in [0.1, 0.15) is 5.82 Å². The number of carbonyl (C=O) groups is 1. The number of ether oxygens (including phenoxy) is 2. The molecule has 0 bridgehead atoms. The molecule has 0 radical (unpaired) electrons. The molecule has 1 atom stereocenters. The summed E-state index contributed by atoms with van der Waals surface area (Å²) in [5.74, 6) is 1.03. The van der Waals surface area contributed by atoms with Crippen LogP contribution in [0.15, 0.2) is 48.7 Å². The van der Waals surface area contributed by atoms with Gasteiger partial charge in [0.2, 0.25) is 0 Å². The summed E-state index contributed by atoms with van der Waals surface area (Å²) in [5, 5.41) is 10.2. The summed E-state index contributed by atoms with van der Waals surface area (Å²) in [5.41, 5.74) is 3.56. The van der Waals surface area contributed by atoms with Crippen molar-refractivity contribution in [1.29, 1.82) is 0 Å². The largest absolute Gasteiger partial charge is 0.493 e. The highest BCUT2D eigenvalue weighted by molar-refractivity contribution is 5.74. The number of aromatic nitrogens is 2. The Labute approximate surface area is 181 Å². The molecule has 7 nitrogen and oxygen atoms in total. The number of carbonyl (C=O) groups excluding carboxylic acids is 1. The predicted molar refractivity (Wildman–Crippen MR) is 116 cm³/mol. The number of nitrogens with one attached hydrogen (secondary N) is 2. The monoisotopic (exact) mass is 426 g/mol. The van der Waals surface area contributed by atoms with Crippen LogP contribution in [0.25, 0.3) is 5.69 Å². The molecule has 0 fully saturated rings. The van der Waals surface area contributed by atoms with Crippen molar-refractivity contribution in [3.63, 3.8) is 0 Å². The van der Waals surface area contributed by atoms with Crippen molar-refractivity contribution in [2.24, 2.45) is 0 Å². The summed E-state index contributed by atoms with van der Waals surface area (Å²) in [6.07, 6.45) is 2.37. The van der Waals surface area contributed by atoms with E-state index in [1.807, 2.05) is 32.0 Å². The first kappa shape index (κ1) is 22.1. The summed E-state index contributed by atoms with van der Waals surface area (Å²) in [4.78, 5) is 12.3. The van der Waals surface area contributed by atoms with Crippen LogP contribution in [0.4, 0.5) is 9.18 Å². The molecule has 3 rings (SSSR count). The van der Waals surface area contributed by atoms with Gasteiger partial charge in [-0.25, -0.2) is 13.9 Å². The number of rotatable bonds is 8. The molecule has 164 valence electrons. The van der Waals surface area contributed by atoms with Crippen LogP contribution in [0.3, 0.4) is 0 Å². The summed E-state index contributed by atoms with van der Waals surface area (Å²) < 4.78 is 25.4. The molecule has 0 aliphatic rings. The number of urea groups is 1. The highest BCUT2D eigenvalue weighted by Crippen LogP contribution is 2.27. The molecular weight excluding hydrogens is 399 g/mol. The zero-order valence-corrected chi connectivity index (χ0v) is 18.1. The van der Waals surface area contributed by atoms with E-state index in [1.54, 1.807) is 37.2 Å². The van der Waals surface area contributed by atoms with Gasteiger partial charge in [0.25, 0.3) is 0 Å². The minimum absolute atomic E-state index is 0.240. The fourth-order valence-corrected chi connectivity index (χ4v) is 3.37. The van der Waals surface area contributed by atoms with Crippen LogP contribution < -0.4 is 20.1 Å². The molecule has 0 aliphatic heterocycles. The van der Waals surface area contributed by atoms with Gasteiger partial charge in [-0.2, -0.15) is 5.10 Å². The Morgan fingerprint density at radius 2 is 1.84 bits per heavy atom. The average molecular weight is 426 g/mol. The second kappa shape index (κ2) is 9.97. The minimum Gasteiger partial charge on any atom is -0.493 e. The Balaban J connectivity index is 1.55. The number of nitrogens with zero attached hydrogens (tertiary/aromatic N) is 2. The van der Waals surface area contributed by atoms with Crippen molar-refractivity contribution in [2.75, 3.05) is 20.8 Å². The first-order valence-electron chi connectivity index (χ1n) is 9.98. The number of halogens is 1. The lowest BCUT2D eigenvalue weighted by Gasteiger charge is -2.15. The minimum atomic E-state index is -0.298. The Hall–Kier alpha value is -3.55. The van der Waals surface area contributed by atoms with Gasteiger partial charge in [-0.15, -0.1) is 0 Å². The SMILES string of the molecule is COc1ccc(CCNC(=O)N[C@@H](C)c2cnn(-c3ccc(F)cc3)c2C)cc1OC. The summed E-state index contributed by atoms with van der Waals surface area (Å²) in [7, 11) is 3.19. The zero-order chi connectivity index (χ0) is 22.4. The highest BCUT2D eigenvalue weighted by atomic mass is 19.1. The van der Waals surface area contributed by atoms with Crippen LogP contribution in [0.5, 0.6) is 11.5 Å². The first-order chi connectivity index (χ1) is 14.9. The number of benzene rings is 2. The van der Waals surface area contributed by atoms with Crippen LogP contribution in [-0.2, 0) is 6.42 Å². The van der Waals surface area contributed by atoms with Crippen molar-refractivity contribution >= 4 is 6.03 Å². The van der Waals surface area contributed by atoms with E-state index in [4.69, 9.17) is 9.47 Å². The van der Waals surface area contributed by atoms with Gasteiger partial charge in [0, 0.05) is 17.8 Å². The average Bonchev–Trinajstić information content (AvgIpc) is 3.15. The maximum absolute atomic E-state index is 13.2. The molecule has 2 amide bonds. The quantitative estimate of drug-likeness (QED) is 0.572. The van der Waals surface area contributed by atoms with Crippen molar-refractivity contribution in [1.82, 2.24) is 20.4 Å². The molecule has 8 heteroatoms. The van der Waals surface area contributed by atoms with E-state index in [2.05, 4.69) is 15.7 Å². The Kier molecular flexibility index (Phi) is 7.12. The van der Waals surface area contributed by atoms with Gasteiger partial charge >= 0.3 is 6.03 Å². The molecular formula is C23H27FN4O3.